The number of hydrogen-bond donors (Lipinski definition) is 8. The van der Waals surface area contributed by atoms with Crippen molar-refractivity contribution >= 4 is 54.0 Å². The monoisotopic (exact) mass is 1670 g/mol. The SMILES string of the molecule is CCC(C)(C)CC[C@H](N)C(=O)OC.CCC(C)(C)CC[C@H](NC(=O)N1CCOCC1)C(=O)NC1(C#N)CCN(C)CC1.CCC(C)(C)CC[C@H](NC(=O)N1CCOCC1)C(=O)O.CCC(C)(C)CC[C@H](NC(=O)N1CCOCC1)C(=O)OC.CCC(C)(C)CC[C@H](NC(=O)OCc1ccccc1)C(=O)OC.CN1CCC(N)(C#N)CC1.[Li+].[OH-]. The molecule has 118 heavy (non-hydrogen) atoms. The van der Waals surface area contributed by atoms with E-state index in [4.69, 9.17) is 45.2 Å². The number of benzene rings is 1. The first-order valence-electron chi connectivity index (χ1n) is 41.8. The minimum absolute atomic E-state index is 0. The number of carbonyl (C=O) groups excluding carboxylic acids is 8. The summed E-state index contributed by atoms with van der Waals surface area (Å²) in [5.74, 6) is -2.38. The van der Waals surface area contributed by atoms with Gasteiger partial charge in [0.15, 0.2) is 0 Å². The summed E-state index contributed by atoms with van der Waals surface area (Å²) in [6.07, 6.45) is 14.3. The molecule has 5 heterocycles. The van der Waals surface area contributed by atoms with Gasteiger partial charge in [0, 0.05) is 65.4 Å². The number of amides is 8. The van der Waals surface area contributed by atoms with E-state index < -0.39 is 59.3 Å². The van der Waals surface area contributed by atoms with Crippen LogP contribution in [-0.4, -0.2) is 271 Å². The number of nitriles is 2. The van der Waals surface area contributed by atoms with Gasteiger partial charge in [0.05, 0.1) is 73.1 Å². The van der Waals surface area contributed by atoms with E-state index in [-0.39, 0.29) is 94.0 Å². The molecule has 11 N–H and O–H groups in total. The van der Waals surface area contributed by atoms with Crippen LogP contribution in [0.4, 0.5) is 19.2 Å². The topological polar surface area (TPSA) is 444 Å². The van der Waals surface area contributed by atoms with Crippen LogP contribution in [0.15, 0.2) is 30.3 Å². The number of carboxylic acid groups (broad SMARTS) is 1. The summed E-state index contributed by atoms with van der Waals surface area (Å²) >= 11 is 0. The molecule has 1 aromatic rings. The number of urea groups is 3. The van der Waals surface area contributed by atoms with Gasteiger partial charge >= 0.3 is 66.9 Å². The van der Waals surface area contributed by atoms with Crippen molar-refractivity contribution in [3.8, 4) is 12.1 Å². The average molecular weight is 1670 g/mol. The second-order valence-corrected chi connectivity index (χ2v) is 34.9. The van der Waals surface area contributed by atoms with Crippen molar-refractivity contribution in [3.63, 3.8) is 0 Å². The van der Waals surface area contributed by atoms with Gasteiger partial charge in [-0.05, 0) is 137 Å². The number of aliphatic carboxylic acids is 1. The van der Waals surface area contributed by atoms with Gasteiger partial charge in [-0.1, -0.05) is 166 Å². The van der Waals surface area contributed by atoms with Crippen LogP contribution in [0, 0.1) is 49.7 Å². The Morgan fingerprint density at radius 3 is 1.13 bits per heavy atom. The van der Waals surface area contributed by atoms with Gasteiger partial charge in [-0.3, -0.25) is 9.59 Å². The Balaban J connectivity index is 0. The van der Waals surface area contributed by atoms with Gasteiger partial charge in [-0.2, -0.15) is 10.5 Å². The fourth-order valence-corrected chi connectivity index (χ4v) is 11.8. The number of nitrogens with one attached hydrogen (secondary N) is 5. The van der Waals surface area contributed by atoms with Crippen LogP contribution >= 0.6 is 0 Å². The molecule has 0 radical (unpaired) electrons. The van der Waals surface area contributed by atoms with E-state index in [9.17, 15) is 53.5 Å². The molecule has 0 unspecified atom stereocenters. The standard InChI is InChI=1S/C21H37N5O3.C18H27NO4.C15H28N2O4.C14H26N2O4.C10H21NO2.C7H13N3.Li.H2O/c1-5-20(2,3)7-6-17(23-19(28)26-12-14-29-15-13-26)18(27)24-21(16-22)8-10-25(4)11-9-21;1-5-18(2,3)12-11-15(16(20)22-4)19-17(21)23-13-14-9-7-6-8-10-14;1-5-15(2,3)7-6-12(13(18)20-4)16-14(19)17-8-10-21-11-9-17;1-4-14(2,3)6-5-11(12(17)18)15-13(19)16-7-9-20-10-8-16;1-5-10(2,3)7-6-8(11)9(12)13-4;1-10-4-2-7(9,6-8)3-5-10;;/h17H,5-15H2,1-4H3,(H,23,28)(H,24,27);6-10,15H,5,11-13H2,1-4H3,(H,19,21);12H,5-11H2,1-4H3,(H,16,19);11H,4-10H2,1-3H3,(H,15,19)(H,17,18);8H,5-7,11H2,1-4H3;2-5,9H2,1H3;;1H2/q;;;;;;+1;/p-1/t17-;15-;12-;11-;8-;;;/m00000.../s1. The Morgan fingerprint density at radius 1 is 0.483 bits per heavy atom. The van der Waals surface area contributed by atoms with Crippen LogP contribution in [0.3, 0.4) is 0 Å². The normalized spacial score (nSPS) is 17.4. The summed E-state index contributed by atoms with van der Waals surface area (Å²) in [6, 6.07) is 9.89. The summed E-state index contributed by atoms with van der Waals surface area (Å²) in [5.41, 5.74) is 11.6. The first-order valence-corrected chi connectivity index (χ1v) is 41.8. The van der Waals surface area contributed by atoms with Crippen molar-refractivity contribution in [2.75, 3.05) is 141 Å². The van der Waals surface area contributed by atoms with Crippen molar-refractivity contribution in [3.05, 3.63) is 35.9 Å². The Morgan fingerprint density at radius 2 is 0.797 bits per heavy atom. The fraction of sp³-hybridized carbons (Fsp3) is 0.800. The third kappa shape index (κ3) is 47.2. The van der Waals surface area contributed by atoms with Crippen LogP contribution < -0.4 is 56.9 Å². The molecule has 1 aromatic carbocycles. The van der Waals surface area contributed by atoms with Gasteiger partial charge in [0.25, 0.3) is 0 Å². The molecule has 5 fully saturated rings. The molecule has 0 bridgehead atoms. The molecular weight excluding hydrogens is 1510 g/mol. The summed E-state index contributed by atoms with van der Waals surface area (Å²) < 4.78 is 35.0. The maximum absolute atomic E-state index is 13.1. The predicted molar refractivity (Wildman–Crippen MR) is 450 cm³/mol. The average Bonchev–Trinajstić information content (AvgIpc) is 0.823. The maximum atomic E-state index is 13.1. The number of carboxylic acids is 1. The number of hydrogen-bond acceptors (Lipinski definition) is 23. The van der Waals surface area contributed by atoms with Crippen molar-refractivity contribution in [2.45, 2.75) is 274 Å². The van der Waals surface area contributed by atoms with E-state index in [1.165, 1.54) is 21.3 Å². The number of piperidine rings is 2. The quantitative estimate of drug-likeness (QED) is 0.0199. The molecular formula is C85H153LiN14O18. The molecule has 8 amide bonds. The van der Waals surface area contributed by atoms with Gasteiger partial charge in [0.1, 0.15) is 47.9 Å². The minimum Gasteiger partial charge on any atom is -0.870 e. The number of likely N-dealkylation sites (tertiary alicyclic amines) is 2. The van der Waals surface area contributed by atoms with Crippen molar-refractivity contribution < 1.29 is 106 Å². The molecule has 5 aliphatic rings. The zero-order valence-corrected chi connectivity index (χ0v) is 75.9. The summed E-state index contributed by atoms with van der Waals surface area (Å²) in [4.78, 5) is 117. The number of esters is 3. The van der Waals surface area contributed by atoms with Crippen LogP contribution in [0.2, 0.25) is 0 Å². The number of alkyl carbamates (subject to hydrolysis) is 1. The molecule has 5 saturated heterocycles. The van der Waals surface area contributed by atoms with Crippen LogP contribution in [-0.2, 0) is 63.7 Å². The third-order valence-corrected chi connectivity index (χ3v) is 23.3. The largest absolute Gasteiger partial charge is 1.00 e. The second-order valence-electron chi connectivity index (χ2n) is 34.9. The molecule has 0 saturated carbocycles. The molecule has 6 rings (SSSR count). The number of morpholine rings is 3. The minimum atomic E-state index is -0.974. The third-order valence-electron chi connectivity index (χ3n) is 23.3. The van der Waals surface area contributed by atoms with Gasteiger partial charge < -0.3 is 106 Å². The molecule has 0 aliphatic carbocycles. The van der Waals surface area contributed by atoms with E-state index in [1.54, 1.807) is 14.7 Å². The van der Waals surface area contributed by atoms with Crippen LogP contribution in [0.25, 0.3) is 0 Å². The zero-order valence-electron chi connectivity index (χ0n) is 75.9. The molecule has 0 aromatic heterocycles. The number of rotatable bonds is 32. The van der Waals surface area contributed by atoms with E-state index >= 15 is 0 Å². The van der Waals surface area contributed by atoms with E-state index in [2.05, 4.69) is 164 Å². The Kier molecular flexibility index (Phi) is 55.5. The number of ether oxygens (including phenoxy) is 7. The molecule has 5 atom stereocenters. The first kappa shape index (κ1) is 113. The molecule has 5 aliphatic heterocycles. The predicted octanol–water partition coefficient (Wildman–Crippen LogP) is 7.34. The summed E-state index contributed by atoms with van der Waals surface area (Å²) in [7, 11) is 8.10. The van der Waals surface area contributed by atoms with Crippen LogP contribution in [0.1, 0.15) is 231 Å². The maximum Gasteiger partial charge on any atom is 1.00 e. The number of methoxy groups -OCH3 is 3. The Bertz CT molecular complexity index is 3140. The van der Waals surface area contributed by atoms with E-state index in [1.807, 2.05) is 37.4 Å². The van der Waals surface area contributed by atoms with Gasteiger partial charge in [-0.25, -0.2) is 33.6 Å². The number of nitrogens with zero attached hydrogens (tertiary/aromatic N) is 7. The van der Waals surface area contributed by atoms with Crippen molar-refractivity contribution in [2.24, 2.45) is 38.5 Å². The van der Waals surface area contributed by atoms with E-state index in [0.29, 0.717) is 124 Å². The summed E-state index contributed by atoms with van der Waals surface area (Å²) in [6.45, 7) is 42.0. The first-order chi connectivity index (χ1) is 54.4. The molecule has 33 heteroatoms. The zero-order chi connectivity index (χ0) is 87.9. The van der Waals surface area contributed by atoms with Crippen molar-refractivity contribution in [1.82, 2.24) is 51.1 Å². The summed E-state index contributed by atoms with van der Waals surface area (Å²) in [5, 5.41) is 41.5. The van der Waals surface area contributed by atoms with Gasteiger partial charge in [0.2, 0.25) is 5.91 Å². The number of nitrogens with two attached hydrogens (primary N) is 2. The number of carbonyl (C=O) groups is 9. The molecule has 32 nitrogen and oxygen atoms in total. The van der Waals surface area contributed by atoms with Crippen LogP contribution in [0.5, 0.6) is 0 Å². The second kappa shape index (κ2) is 58.0. The van der Waals surface area contributed by atoms with Crippen molar-refractivity contribution in [1.29, 1.82) is 10.5 Å². The Hall–Kier alpha value is -7.09. The molecule has 672 valence electrons. The van der Waals surface area contributed by atoms with E-state index in [0.717, 1.165) is 109 Å². The Labute approximate surface area is 718 Å². The van der Waals surface area contributed by atoms with Gasteiger partial charge in [-0.15, -0.1) is 0 Å². The molecule has 0 spiro atoms. The fourth-order valence-electron chi connectivity index (χ4n) is 11.8. The smallest absolute Gasteiger partial charge is 0.870 e.